The molecule has 0 amide bonds. The number of hydrogen-bond donors (Lipinski definition) is 0. The van der Waals surface area contributed by atoms with Crippen LogP contribution in [0.3, 0.4) is 0 Å². The zero-order chi connectivity index (χ0) is 11.4. The summed E-state index contributed by atoms with van der Waals surface area (Å²) in [6, 6.07) is 0. The second kappa shape index (κ2) is 5.41. The van der Waals surface area contributed by atoms with Crippen LogP contribution < -0.4 is 4.90 Å². The molecule has 2 rings (SSSR count). The Kier molecular flexibility index (Phi) is 3.90. The van der Waals surface area contributed by atoms with E-state index in [4.69, 9.17) is 0 Å². The minimum atomic E-state index is 0.336. The van der Waals surface area contributed by atoms with Crippen molar-refractivity contribution in [2.24, 2.45) is 0 Å². The van der Waals surface area contributed by atoms with Crippen molar-refractivity contribution in [1.29, 1.82) is 0 Å². The lowest BCUT2D eigenvalue weighted by atomic mass is 10.2. The Morgan fingerprint density at radius 3 is 2.75 bits per heavy atom. The lowest BCUT2D eigenvalue weighted by molar-refractivity contribution is -0.119. The van der Waals surface area contributed by atoms with Crippen molar-refractivity contribution in [3.63, 3.8) is 0 Å². The Balaban J connectivity index is 1.81. The van der Waals surface area contributed by atoms with Gasteiger partial charge in [-0.3, -0.25) is 9.69 Å². The topological polar surface area (TPSA) is 36.4 Å². The van der Waals surface area contributed by atoms with E-state index < -0.39 is 0 Å². The number of piperazine rings is 1. The van der Waals surface area contributed by atoms with Gasteiger partial charge in [0.1, 0.15) is 5.78 Å². The lowest BCUT2D eigenvalue weighted by Gasteiger charge is -2.34. The molecular formula is C11H17N3OS. The number of carbonyl (C=O) groups excluding carboxylic acids is 1. The molecule has 0 N–H and O–H groups in total. The fourth-order valence-corrected chi connectivity index (χ4v) is 2.53. The van der Waals surface area contributed by atoms with Gasteiger partial charge in [0.2, 0.25) is 0 Å². The third-order valence-corrected chi connectivity index (χ3v) is 3.69. The summed E-state index contributed by atoms with van der Waals surface area (Å²) in [6.07, 6.45) is 2.49. The molecule has 2 heterocycles. The highest BCUT2D eigenvalue weighted by molar-refractivity contribution is 7.13. The van der Waals surface area contributed by atoms with E-state index in [2.05, 4.69) is 14.8 Å². The van der Waals surface area contributed by atoms with Crippen LogP contribution in [0, 0.1) is 0 Å². The second-order valence-corrected chi connectivity index (χ2v) is 4.84. The van der Waals surface area contributed by atoms with Crippen LogP contribution in [0.25, 0.3) is 0 Å². The predicted octanol–water partition coefficient (Wildman–Crippen LogP) is 1.24. The molecule has 1 aliphatic heterocycles. The van der Waals surface area contributed by atoms with Crippen molar-refractivity contribution in [2.75, 3.05) is 37.6 Å². The first-order valence-electron chi connectivity index (χ1n) is 5.68. The predicted molar refractivity (Wildman–Crippen MR) is 66.1 cm³/mol. The molecule has 0 aliphatic carbocycles. The van der Waals surface area contributed by atoms with Crippen molar-refractivity contribution in [1.82, 2.24) is 9.88 Å². The number of hydrogen-bond acceptors (Lipinski definition) is 5. The smallest absolute Gasteiger partial charge is 0.185 e. The van der Waals surface area contributed by atoms with Crippen molar-refractivity contribution < 1.29 is 4.79 Å². The largest absolute Gasteiger partial charge is 0.346 e. The summed E-state index contributed by atoms with van der Waals surface area (Å²) in [5.74, 6) is 0.336. The maximum absolute atomic E-state index is 11.3. The Morgan fingerprint density at radius 1 is 1.44 bits per heavy atom. The fourth-order valence-electron chi connectivity index (χ4n) is 1.83. The third-order valence-electron chi connectivity index (χ3n) is 2.86. The van der Waals surface area contributed by atoms with Crippen LogP contribution >= 0.6 is 11.3 Å². The Labute approximate surface area is 99.9 Å². The van der Waals surface area contributed by atoms with E-state index >= 15 is 0 Å². The van der Waals surface area contributed by atoms with Gasteiger partial charge >= 0.3 is 0 Å². The van der Waals surface area contributed by atoms with Gasteiger partial charge in [0.25, 0.3) is 0 Å². The summed E-state index contributed by atoms with van der Waals surface area (Å²) >= 11 is 1.68. The zero-order valence-corrected chi connectivity index (χ0v) is 10.4. The van der Waals surface area contributed by atoms with Crippen LogP contribution in [0.2, 0.25) is 0 Å². The van der Waals surface area contributed by atoms with Gasteiger partial charge in [-0.2, -0.15) is 0 Å². The Bertz CT molecular complexity index is 331. The van der Waals surface area contributed by atoms with Crippen molar-refractivity contribution >= 4 is 22.3 Å². The number of Topliss-reactive ketones (excluding diaryl/α,β-unsaturated/α-hetero) is 1. The van der Waals surface area contributed by atoms with E-state index in [-0.39, 0.29) is 0 Å². The molecule has 0 radical (unpaired) electrons. The van der Waals surface area contributed by atoms with Gasteiger partial charge in [-0.15, -0.1) is 11.3 Å². The highest BCUT2D eigenvalue weighted by atomic mass is 32.1. The number of rotatable bonds is 4. The Hall–Kier alpha value is -0.940. The van der Waals surface area contributed by atoms with E-state index in [1.165, 1.54) is 0 Å². The normalized spacial score (nSPS) is 17.7. The summed E-state index contributed by atoms with van der Waals surface area (Å²) in [6.45, 7) is 6.42. The molecular weight excluding hydrogens is 222 g/mol. The summed E-state index contributed by atoms with van der Waals surface area (Å²) in [5.41, 5.74) is 0. The molecule has 1 aromatic rings. The number of carbonyl (C=O) groups is 1. The second-order valence-electron chi connectivity index (χ2n) is 3.97. The van der Waals surface area contributed by atoms with Gasteiger partial charge in [0.05, 0.1) is 6.54 Å². The van der Waals surface area contributed by atoms with Crippen molar-refractivity contribution in [2.45, 2.75) is 13.3 Å². The molecule has 16 heavy (non-hydrogen) atoms. The molecule has 0 spiro atoms. The van der Waals surface area contributed by atoms with E-state index in [0.29, 0.717) is 18.7 Å². The summed E-state index contributed by atoms with van der Waals surface area (Å²) in [7, 11) is 0. The van der Waals surface area contributed by atoms with Crippen LogP contribution in [0.4, 0.5) is 5.13 Å². The molecule has 88 valence electrons. The van der Waals surface area contributed by atoms with Gasteiger partial charge < -0.3 is 4.90 Å². The first-order valence-corrected chi connectivity index (χ1v) is 6.56. The van der Waals surface area contributed by atoms with E-state index in [1.807, 2.05) is 18.5 Å². The highest BCUT2D eigenvalue weighted by Crippen LogP contribution is 2.18. The Morgan fingerprint density at radius 2 is 2.19 bits per heavy atom. The van der Waals surface area contributed by atoms with E-state index in [0.717, 1.165) is 31.3 Å². The minimum absolute atomic E-state index is 0.336. The van der Waals surface area contributed by atoms with Crippen LogP contribution in [0.5, 0.6) is 0 Å². The number of anilines is 1. The average molecular weight is 239 g/mol. The van der Waals surface area contributed by atoms with Crippen molar-refractivity contribution in [3.05, 3.63) is 11.6 Å². The standard InChI is InChI=1S/C11H17N3OS/c1-2-10(15)9-13-4-6-14(7-5-13)11-12-3-8-16-11/h3,8H,2,4-7,9H2,1H3. The highest BCUT2D eigenvalue weighted by Gasteiger charge is 2.19. The lowest BCUT2D eigenvalue weighted by Crippen LogP contribution is -2.47. The molecule has 0 atom stereocenters. The SMILES string of the molecule is CCC(=O)CN1CCN(c2nccs2)CC1. The molecule has 1 saturated heterocycles. The van der Waals surface area contributed by atoms with Gasteiger partial charge in [-0.25, -0.2) is 4.98 Å². The number of ketones is 1. The maximum Gasteiger partial charge on any atom is 0.185 e. The molecule has 0 aromatic carbocycles. The first kappa shape index (κ1) is 11.5. The third kappa shape index (κ3) is 2.80. The summed E-state index contributed by atoms with van der Waals surface area (Å²) in [5, 5.41) is 3.10. The molecule has 5 heteroatoms. The summed E-state index contributed by atoms with van der Waals surface area (Å²) in [4.78, 5) is 20.1. The molecule has 0 unspecified atom stereocenters. The molecule has 1 fully saturated rings. The number of aromatic nitrogens is 1. The number of thiazole rings is 1. The molecule has 1 aliphatic rings. The van der Waals surface area contributed by atoms with Crippen LogP contribution in [0.1, 0.15) is 13.3 Å². The molecule has 1 aromatic heterocycles. The molecule has 0 saturated carbocycles. The maximum atomic E-state index is 11.3. The van der Waals surface area contributed by atoms with Gasteiger partial charge in [0, 0.05) is 44.2 Å². The fraction of sp³-hybridized carbons (Fsp3) is 0.636. The number of nitrogens with zero attached hydrogens (tertiary/aromatic N) is 3. The quantitative estimate of drug-likeness (QED) is 0.792. The monoisotopic (exact) mass is 239 g/mol. The van der Waals surface area contributed by atoms with Crippen LogP contribution in [0.15, 0.2) is 11.6 Å². The van der Waals surface area contributed by atoms with Gasteiger partial charge in [-0.1, -0.05) is 6.92 Å². The molecule has 4 nitrogen and oxygen atoms in total. The van der Waals surface area contributed by atoms with Gasteiger partial charge in [0.15, 0.2) is 5.13 Å². The van der Waals surface area contributed by atoms with E-state index in [9.17, 15) is 4.79 Å². The van der Waals surface area contributed by atoms with Gasteiger partial charge in [-0.05, 0) is 0 Å². The van der Waals surface area contributed by atoms with Crippen LogP contribution in [-0.4, -0.2) is 48.4 Å². The minimum Gasteiger partial charge on any atom is -0.346 e. The zero-order valence-electron chi connectivity index (χ0n) is 9.56. The van der Waals surface area contributed by atoms with E-state index in [1.54, 1.807) is 11.3 Å². The first-order chi connectivity index (χ1) is 7.79. The van der Waals surface area contributed by atoms with Crippen LogP contribution in [-0.2, 0) is 4.79 Å². The summed E-state index contributed by atoms with van der Waals surface area (Å²) < 4.78 is 0. The van der Waals surface area contributed by atoms with Crippen molar-refractivity contribution in [3.8, 4) is 0 Å². The average Bonchev–Trinajstić information content (AvgIpc) is 2.83. The molecule has 0 bridgehead atoms.